The standard InChI is InChI=1S/C31H36Cl2N4O5/c1-4-41-21-10-12-23(32)22(18-21)28-27(20-9-11-24(33)26(17-20)42-16-8-15-37(2)3)35-25(19-34-28)29(38)36-31(30(39)40)13-6-5-7-14-31/h9-12,17-19H,4-8,13-16H2,1-3H3,(H,36,38)(H,39,40). The van der Waals surface area contributed by atoms with Gasteiger partial charge in [0.1, 0.15) is 22.7 Å². The minimum absolute atomic E-state index is 0.0135. The van der Waals surface area contributed by atoms with E-state index in [2.05, 4.69) is 15.2 Å². The number of carboxylic acid groups (broad SMARTS) is 1. The highest BCUT2D eigenvalue weighted by Crippen LogP contribution is 2.38. The molecule has 11 heteroatoms. The number of hydrogen-bond acceptors (Lipinski definition) is 7. The molecule has 0 spiro atoms. The molecule has 4 rings (SSSR count). The summed E-state index contributed by atoms with van der Waals surface area (Å²) in [6, 6.07) is 10.5. The van der Waals surface area contributed by atoms with Crippen molar-refractivity contribution in [3.05, 3.63) is 58.3 Å². The topological polar surface area (TPSA) is 114 Å². The second kappa shape index (κ2) is 14.2. The van der Waals surface area contributed by atoms with Gasteiger partial charge in [-0.1, -0.05) is 48.5 Å². The van der Waals surface area contributed by atoms with E-state index in [1.807, 2.05) is 21.0 Å². The number of carbonyl (C=O) groups is 2. The Kier molecular flexibility index (Phi) is 10.6. The summed E-state index contributed by atoms with van der Waals surface area (Å²) in [7, 11) is 3.99. The monoisotopic (exact) mass is 614 g/mol. The number of halogens is 2. The molecule has 0 radical (unpaired) electrons. The molecule has 0 bridgehead atoms. The third-order valence-electron chi connectivity index (χ3n) is 7.19. The van der Waals surface area contributed by atoms with E-state index >= 15 is 0 Å². The molecule has 2 N–H and O–H groups in total. The molecular formula is C31H36Cl2N4O5. The first-order valence-electron chi connectivity index (χ1n) is 14.1. The normalized spacial score (nSPS) is 14.4. The van der Waals surface area contributed by atoms with Gasteiger partial charge in [-0.05, 0) is 70.6 Å². The summed E-state index contributed by atoms with van der Waals surface area (Å²) in [5.41, 5.74) is 0.599. The number of ether oxygens (including phenoxy) is 2. The summed E-state index contributed by atoms with van der Waals surface area (Å²) in [5, 5.41) is 13.6. The van der Waals surface area contributed by atoms with Gasteiger partial charge in [0.25, 0.3) is 5.91 Å². The van der Waals surface area contributed by atoms with Gasteiger partial charge < -0.3 is 24.8 Å². The van der Waals surface area contributed by atoms with Crippen molar-refractivity contribution in [2.24, 2.45) is 0 Å². The highest BCUT2D eigenvalue weighted by molar-refractivity contribution is 6.33. The van der Waals surface area contributed by atoms with Crippen molar-refractivity contribution in [2.75, 3.05) is 33.9 Å². The van der Waals surface area contributed by atoms with Crippen LogP contribution in [0.2, 0.25) is 10.0 Å². The molecule has 1 fully saturated rings. The van der Waals surface area contributed by atoms with E-state index in [1.54, 1.807) is 36.4 Å². The third kappa shape index (κ3) is 7.51. The van der Waals surface area contributed by atoms with E-state index in [0.717, 1.165) is 32.2 Å². The average Bonchev–Trinajstić information content (AvgIpc) is 2.97. The van der Waals surface area contributed by atoms with Crippen LogP contribution in [0.4, 0.5) is 0 Å². The summed E-state index contributed by atoms with van der Waals surface area (Å²) in [6.07, 6.45) is 5.24. The van der Waals surface area contributed by atoms with Crippen molar-refractivity contribution in [3.8, 4) is 34.0 Å². The molecule has 3 aromatic rings. The number of benzene rings is 2. The average molecular weight is 616 g/mol. The van der Waals surface area contributed by atoms with E-state index in [9.17, 15) is 14.7 Å². The molecule has 0 saturated heterocycles. The fourth-order valence-electron chi connectivity index (χ4n) is 4.99. The maximum Gasteiger partial charge on any atom is 0.329 e. The number of carbonyl (C=O) groups excluding carboxylic acids is 1. The maximum absolute atomic E-state index is 13.4. The molecule has 1 heterocycles. The van der Waals surface area contributed by atoms with E-state index in [4.69, 9.17) is 37.7 Å². The van der Waals surface area contributed by atoms with Gasteiger partial charge in [0.2, 0.25) is 0 Å². The Balaban J connectivity index is 1.77. The van der Waals surface area contributed by atoms with E-state index in [0.29, 0.717) is 70.1 Å². The number of carboxylic acids is 1. The van der Waals surface area contributed by atoms with Gasteiger partial charge in [-0.15, -0.1) is 0 Å². The third-order valence-corrected chi connectivity index (χ3v) is 7.83. The summed E-state index contributed by atoms with van der Waals surface area (Å²) in [6.45, 7) is 3.67. The van der Waals surface area contributed by atoms with Crippen LogP contribution < -0.4 is 14.8 Å². The first-order valence-corrected chi connectivity index (χ1v) is 14.8. The van der Waals surface area contributed by atoms with Crippen LogP contribution >= 0.6 is 23.2 Å². The predicted molar refractivity (Wildman–Crippen MR) is 164 cm³/mol. The largest absolute Gasteiger partial charge is 0.494 e. The number of hydrogen-bond donors (Lipinski definition) is 2. The maximum atomic E-state index is 13.4. The van der Waals surface area contributed by atoms with Crippen LogP contribution in [0.15, 0.2) is 42.6 Å². The predicted octanol–water partition coefficient (Wildman–Crippen LogP) is 6.36. The van der Waals surface area contributed by atoms with Gasteiger partial charge in [-0.25, -0.2) is 9.78 Å². The second-order valence-corrected chi connectivity index (χ2v) is 11.4. The molecule has 224 valence electrons. The Morgan fingerprint density at radius 2 is 1.76 bits per heavy atom. The minimum Gasteiger partial charge on any atom is -0.494 e. The first kappa shape index (κ1) is 31.5. The van der Waals surface area contributed by atoms with E-state index in [1.165, 1.54) is 6.20 Å². The lowest BCUT2D eigenvalue weighted by molar-refractivity contribution is -0.145. The molecular weight excluding hydrogens is 579 g/mol. The van der Waals surface area contributed by atoms with Crippen LogP contribution in [0.5, 0.6) is 11.5 Å². The minimum atomic E-state index is -1.33. The number of aromatic nitrogens is 2. The quantitative estimate of drug-likeness (QED) is 0.226. The number of rotatable bonds is 12. The van der Waals surface area contributed by atoms with E-state index in [-0.39, 0.29) is 5.69 Å². The highest BCUT2D eigenvalue weighted by Gasteiger charge is 2.41. The van der Waals surface area contributed by atoms with Crippen molar-refractivity contribution in [3.63, 3.8) is 0 Å². The Morgan fingerprint density at radius 3 is 2.45 bits per heavy atom. The van der Waals surface area contributed by atoms with Crippen LogP contribution in [0.3, 0.4) is 0 Å². The van der Waals surface area contributed by atoms with Gasteiger partial charge in [-0.3, -0.25) is 9.78 Å². The zero-order valence-electron chi connectivity index (χ0n) is 24.1. The van der Waals surface area contributed by atoms with Gasteiger partial charge in [0.15, 0.2) is 0 Å². The van der Waals surface area contributed by atoms with Gasteiger partial charge >= 0.3 is 5.97 Å². The molecule has 0 atom stereocenters. The first-order chi connectivity index (χ1) is 20.1. The Hall–Kier alpha value is -3.40. The zero-order valence-corrected chi connectivity index (χ0v) is 25.6. The molecule has 1 aromatic heterocycles. The lowest BCUT2D eigenvalue weighted by atomic mass is 9.81. The Morgan fingerprint density at radius 1 is 1.02 bits per heavy atom. The molecule has 1 amide bonds. The smallest absolute Gasteiger partial charge is 0.329 e. The number of nitrogens with one attached hydrogen (secondary N) is 1. The number of amides is 1. The number of nitrogens with zero attached hydrogens (tertiary/aromatic N) is 3. The van der Waals surface area contributed by atoms with Crippen molar-refractivity contribution in [1.29, 1.82) is 0 Å². The summed E-state index contributed by atoms with van der Waals surface area (Å²) < 4.78 is 11.7. The van der Waals surface area contributed by atoms with Crippen LogP contribution in [0.25, 0.3) is 22.5 Å². The lowest BCUT2D eigenvalue weighted by Gasteiger charge is -2.33. The molecule has 2 aromatic carbocycles. The van der Waals surface area contributed by atoms with Gasteiger partial charge in [0.05, 0.1) is 40.8 Å². The molecule has 1 aliphatic rings. The van der Waals surface area contributed by atoms with Crippen molar-refractivity contribution >= 4 is 35.1 Å². The molecule has 0 unspecified atom stereocenters. The summed E-state index contributed by atoms with van der Waals surface area (Å²) in [4.78, 5) is 37.0. The van der Waals surface area contributed by atoms with Gasteiger partial charge in [0, 0.05) is 17.7 Å². The molecule has 0 aliphatic heterocycles. The fraction of sp³-hybridized carbons (Fsp3) is 0.419. The molecule has 9 nitrogen and oxygen atoms in total. The van der Waals surface area contributed by atoms with Crippen LogP contribution in [0.1, 0.15) is 55.9 Å². The van der Waals surface area contributed by atoms with Crippen LogP contribution in [-0.4, -0.2) is 71.2 Å². The van der Waals surface area contributed by atoms with Crippen molar-refractivity contribution in [2.45, 2.75) is 51.0 Å². The number of aliphatic carboxylic acids is 1. The van der Waals surface area contributed by atoms with Gasteiger partial charge in [-0.2, -0.15) is 0 Å². The Labute approximate surface area is 256 Å². The zero-order chi connectivity index (χ0) is 30.3. The molecule has 1 saturated carbocycles. The van der Waals surface area contributed by atoms with Crippen molar-refractivity contribution in [1.82, 2.24) is 20.2 Å². The Bertz CT molecular complexity index is 1430. The van der Waals surface area contributed by atoms with Crippen LogP contribution in [0, 0.1) is 0 Å². The fourth-order valence-corrected chi connectivity index (χ4v) is 5.37. The SMILES string of the molecule is CCOc1ccc(Cl)c(-c2ncc(C(=O)NC3(C(=O)O)CCCCC3)nc2-c2ccc(Cl)c(OCCCN(C)C)c2)c1. The summed E-state index contributed by atoms with van der Waals surface area (Å²) >= 11 is 13.1. The highest BCUT2D eigenvalue weighted by atomic mass is 35.5. The van der Waals surface area contributed by atoms with Crippen molar-refractivity contribution < 1.29 is 24.2 Å². The van der Waals surface area contributed by atoms with Crippen LogP contribution in [-0.2, 0) is 4.79 Å². The molecule has 42 heavy (non-hydrogen) atoms. The second-order valence-electron chi connectivity index (χ2n) is 10.6. The molecule has 1 aliphatic carbocycles. The van der Waals surface area contributed by atoms with E-state index < -0.39 is 17.4 Å². The summed E-state index contributed by atoms with van der Waals surface area (Å²) in [5.74, 6) is -0.582. The lowest BCUT2D eigenvalue weighted by Crippen LogP contribution is -2.55.